The van der Waals surface area contributed by atoms with Crippen LogP contribution in [0, 0.1) is 5.41 Å². The Kier molecular flexibility index (Phi) is 5.07. The van der Waals surface area contributed by atoms with Gasteiger partial charge in [0.15, 0.2) is 17.3 Å². The van der Waals surface area contributed by atoms with Gasteiger partial charge in [0.05, 0.1) is 21.0 Å². The van der Waals surface area contributed by atoms with Gasteiger partial charge in [0.2, 0.25) is 0 Å². The number of phenolic OH excluding ortho intramolecular Hbond substituents is 1. The fraction of sp³-hybridized carbons (Fsp3) is 0.188. The molecule has 2 aromatic rings. The first kappa shape index (κ1) is 17.2. The molecule has 0 saturated carbocycles. The third-order valence-electron chi connectivity index (χ3n) is 3.33. The molecule has 0 unspecified atom stereocenters. The van der Waals surface area contributed by atoms with Crippen molar-refractivity contribution in [2.45, 2.75) is 12.8 Å². The van der Waals surface area contributed by atoms with E-state index in [1.165, 1.54) is 11.3 Å². The highest BCUT2D eigenvalue weighted by Gasteiger charge is 2.38. The van der Waals surface area contributed by atoms with Crippen molar-refractivity contribution in [2.75, 3.05) is 6.61 Å². The number of carbonyl (C=O) groups is 1. The van der Waals surface area contributed by atoms with Gasteiger partial charge in [-0.05, 0) is 46.6 Å². The number of ether oxygens (including phenoxy) is 1. The molecule has 1 fully saturated rings. The molecule has 2 heterocycles. The van der Waals surface area contributed by atoms with Crippen LogP contribution in [0.4, 0.5) is 0 Å². The predicted molar refractivity (Wildman–Crippen MR) is 100 cm³/mol. The fourth-order valence-corrected chi connectivity index (χ4v) is 4.55. The number of thiazole rings is 1. The molecule has 1 aliphatic heterocycles. The van der Waals surface area contributed by atoms with Crippen LogP contribution in [0.25, 0.3) is 6.08 Å². The van der Waals surface area contributed by atoms with Crippen LogP contribution in [0.15, 0.2) is 33.1 Å². The molecule has 0 aliphatic carbocycles. The minimum Gasteiger partial charge on any atom is -0.503 e. The Balaban J connectivity index is 1.95. The standard InChI is InChI=1S/C16H13BrN2O3S2/c1-2-22-10-6-8(5-9(17)13(10)20)7-11-14(21)12(15(18)24-11)16-19-3-4-23-16/h3-7,12,18,20H,2H2,1H3/b11-7-,18-15?/t12-/m0/s1. The van der Waals surface area contributed by atoms with Gasteiger partial charge in [-0.25, -0.2) is 4.98 Å². The maximum atomic E-state index is 12.6. The van der Waals surface area contributed by atoms with Crippen molar-refractivity contribution in [3.63, 3.8) is 0 Å². The van der Waals surface area contributed by atoms with E-state index in [2.05, 4.69) is 20.9 Å². The molecule has 2 N–H and O–H groups in total. The van der Waals surface area contributed by atoms with Gasteiger partial charge < -0.3 is 9.84 Å². The Morgan fingerprint density at radius 2 is 2.29 bits per heavy atom. The number of hydrogen-bond donors (Lipinski definition) is 2. The molecule has 1 atom stereocenters. The van der Waals surface area contributed by atoms with Gasteiger partial charge in [-0.2, -0.15) is 0 Å². The number of benzene rings is 1. The van der Waals surface area contributed by atoms with E-state index in [-0.39, 0.29) is 16.6 Å². The Hall–Kier alpha value is -1.64. The summed E-state index contributed by atoms with van der Waals surface area (Å²) in [6, 6.07) is 3.38. The highest BCUT2D eigenvalue weighted by molar-refractivity contribution is 9.10. The second-order valence-corrected chi connectivity index (χ2v) is 7.79. The van der Waals surface area contributed by atoms with Crippen LogP contribution in [-0.2, 0) is 4.79 Å². The molecule has 0 radical (unpaired) electrons. The van der Waals surface area contributed by atoms with Crippen LogP contribution < -0.4 is 4.74 Å². The SMILES string of the molecule is CCOc1cc(/C=C2\SC(=N)[C@@H](c3nccs3)C2=O)cc(Br)c1O. The van der Waals surface area contributed by atoms with Crippen LogP contribution in [0.2, 0.25) is 0 Å². The largest absolute Gasteiger partial charge is 0.503 e. The lowest BCUT2D eigenvalue weighted by atomic mass is 10.0. The van der Waals surface area contributed by atoms with Gasteiger partial charge >= 0.3 is 0 Å². The second kappa shape index (κ2) is 7.08. The van der Waals surface area contributed by atoms with E-state index in [0.29, 0.717) is 32.3 Å². The highest BCUT2D eigenvalue weighted by atomic mass is 79.9. The normalized spacial score (nSPS) is 19.2. The molecule has 1 aromatic carbocycles. The lowest BCUT2D eigenvalue weighted by Crippen LogP contribution is -2.11. The monoisotopic (exact) mass is 424 g/mol. The number of aromatic nitrogens is 1. The number of nitrogens with zero attached hydrogens (tertiary/aromatic N) is 1. The molecular formula is C16H13BrN2O3S2. The van der Waals surface area contributed by atoms with Crippen LogP contribution in [-0.4, -0.2) is 27.5 Å². The van der Waals surface area contributed by atoms with Crippen molar-refractivity contribution in [1.29, 1.82) is 5.41 Å². The summed E-state index contributed by atoms with van der Waals surface area (Å²) in [6.07, 6.45) is 3.35. The first-order valence-electron chi connectivity index (χ1n) is 7.08. The van der Waals surface area contributed by atoms with Gasteiger partial charge in [0.25, 0.3) is 0 Å². The van der Waals surface area contributed by atoms with E-state index in [4.69, 9.17) is 10.1 Å². The van der Waals surface area contributed by atoms with Crippen LogP contribution in [0.1, 0.15) is 23.4 Å². The van der Waals surface area contributed by atoms with Gasteiger partial charge in [0.1, 0.15) is 10.9 Å². The number of nitrogens with one attached hydrogen (secondary N) is 1. The van der Waals surface area contributed by atoms with Crippen molar-refractivity contribution >= 4 is 55.9 Å². The summed E-state index contributed by atoms with van der Waals surface area (Å²) >= 11 is 5.81. The molecule has 24 heavy (non-hydrogen) atoms. The van der Waals surface area contributed by atoms with Crippen molar-refractivity contribution < 1.29 is 14.6 Å². The molecule has 1 aliphatic rings. The summed E-state index contributed by atoms with van der Waals surface area (Å²) in [4.78, 5) is 17.3. The molecule has 8 heteroatoms. The Morgan fingerprint density at radius 3 is 2.96 bits per heavy atom. The van der Waals surface area contributed by atoms with Crippen LogP contribution in [0.5, 0.6) is 11.5 Å². The van der Waals surface area contributed by atoms with Gasteiger partial charge in [-0.1, -0.05) is 11.8 Å². The number of ketones is 1. The van der Waals surface area contributed by atoms with E-state index in [1.54, 1.807) is 29.8 Å². The average molecular weight is 425 g/mol. The summed E-state index contributed by atoms with van der Waals surface area (Å²) in [5.41, 5.74) is 0.714. The van der Waals surface area contributed by atoms with Crippen molar-refractivity contribution in [3.05, 3.63) is 43.7 Å². The lowest BCUT2D eigenvalue weighted by molar-refractivity contribution is -0.114. The number of carbonyl (C=O) groups excluding carboxylic acids is 1. The van der Waals surface area contributed by atoms with E-state index >= 15 is 0 Å². The molecule has 0 spiro atoms. The Morgan fingerprint density at radius 1 is 1.50 bits per heavy atom. The molecular weight excluding hydrogens is 412 g/mol. The molecule has 1 aromatic heterocycles. The third kappa shape index (κ3) is 3.26. The van der Waals surface area contributed by atoms with Gasteiger partial charge in [-0.15, -0.1) is 11.3 Å². The van der Waals surface area contributed by atoms with Crippen LogP contribution in [0.3, 0.4) is 0 Å². The molecule has 124 valence electrons. The first-order chi connectivity index (χ1) is 11.5. The first-order valence-corrected chi connectivity index (χ1v) is 9.57. The maximum absolute atomic E-state index is 12.6. The van der Waals surface area contributed by atoms with Crippen molar-refractivity contribution in [3.8, 4) is 11.5 Å². The van der Waals surface area contributed by atoms with Crippen LogP contribution >= 0.6 is 39.0 Å². The zero-order valence-corrected chi connectivity index (χ0v) is 15.8. The van der Waals surface area contributed by atoms with E-state index < -0.39 is 5.92 Å². The minimum atomic E-state index is -0.604. The van der Waals surface area contributed by atoms with E-state index in [0.717, 1.165) is 11.8 Å². The highest BCUT2D eigenvalue weighted by Crippen LogP contribution is 2.42. The molecule has 0 bridgehead atoms. The zero-order valence-electron chi connectivity index (χ0n) is 12.6. The summed E-state index contributed by atoms with van der Waals surface area (Å²) in [6.45, 7) is 2.25. The summed E-state index contributed by atoms with van der Waals surface area (Å²) in [7, 11) is 0. The second-order valence-electron chi connectivity index (χ2n) is 4.92. The van der Waals surface area contributed by atoms with Gasteiger partial charge in [0, 0.05) is 11.6 Å². The Labute approximate surface area is 155 Å². The number of aromatic hydroxyl groups is 1. The zero-order chi connectivity index (χ0) is 17.3. The molecule has 3 rings (SSSR count). The molecule has 1 saturated heterocycles. The van der Waals surface area contributed by atoms with Gasteiger partial charge in [-0.3, -0.25) is 10.2 Å². The number of halogens is 1. The summed E-state index contributed by atoms with van der Waals surface area (Å²) in [5.74, 6) is -0.353. The van der Waals surface area contributed by atoms with E-state index in [9.17, 15) is 9.90 Å². The topological polar surface area (TPSA) is 83.3 Å². The molecule has 5 nitrogen and oxygen atoms in total. The average Bonchev–Trinajstić information content (AvgIpc) is 3.13. The minimum absolute atomic E-state index is 0.0257. The summed E-state index contributed by atoms with van der Waals surface area (Å²) in [5, 5.41) is 20.8. The quantitative estimate of drug-likeness (QED) is 0.709. The number of phenols is 1. The maximum Gasteiger partial charge on any atom is 0.186 e. The lowest BCUT2D eigenvalue weighted by Gasteiger charge is -2.09. The number of hydrogen-bond acceptors (Lipinski definition) is 7. The Bertz CT molecular complexity index is 834. The van der Waals surface area contributed by atoms with Crippen molar-refractivity contribution in [2.24, 2.45) is 0 Å². The number of Topliss-reactive ketones (excluding diaryl/α,β-unsaturated/α-hetero) is 1. The summed E-state index contributed by atoms with van der Waals surface area (Å²) < 4.78 is 5.89. The predicted octanol–water partition coefficient (Wildman–Crippen LogP) is 4.43. The third-order valence-corrected chi connectivity index (χ3v) is 5.77. The van der Waals surface area contributed by atoms with Crippen molar-refractivity contribution in [1.82, 2.24) is 4.98 Å². The van der Waals surface area contributed by atoms with E-state index in [1.807, 2.05) is 6.92 Å². The fourth-order valence-electron chi connectivity index (χ4n) is 2.28. The molecule has 0 amide bonds. The number of allylic oxidation sites excluding steroid dienone is 1. The number of thioether (sulfide) groups is 1. The smallest absolute Gasteiger partial charge is 0.186 e. The number of rotatable bonds is 4.